The predicted molar refractivity (Wildman–Crippen MR) is 108 cm³/mol. The van der Waals surface area contributed by atoms with Crippen LogP contribution < -0.4 is 0 Å². The number of fused-ring (bicyclic) bond motifs is 2. The Balaban J connectivity index is 1.41. The Kier molecular flexibility index (Phi) is 5.76. The molecule has 1 aromatic heterocycles. The van der Waals surface area contributed by atoms with Gasteiger partial charge in [-0.1, -0.05) is 13.3 Å². The standard InChI is InChI=1S/C21H30N2O4S/c1-2-15-5-3-4-9-23(15)14-19(24)22-10-7-21(8-11-22)16-13-18(20(25)26)28-17(16)6-12-27-21/h13,15H,2-12,14H2,1H3,(H,25,26). The second-order valence-electron chi connectivity index (χ2n) is 8.25. The van der Waals surface area contributed by atoms with Gasteiger partial charge in [0.15, 0.2) is 0 Å². The number of thiophene rings is 1. The minimum Gasteiger partial charge on any atom is -0.477 e. The molecule has 2 saturated heterocycles. The Morgan fingerprint density at radius 2 is 2.07 bits per heavy atom. The molecule has 7 heteroatoms. The Hall–Kier alpha value is -1.44. The molecule has 1 atom stereocenters. The van der Waals surface area contributed by atoms with Crippen molar-refractivity contribution >= 4 is 23.2 Å². The largest absolute Gasteiger partial charge is 0.477 e. The number of carboxylic acids is 1. The molecule has 2 fully saturated rings. The molecule has 1 unspecified atom stereocenters. The van der Waals surface area contributed by atoms with Crippen LogP contribution >= 0.6 is 11.3 Å². The zero-order valence-corrected chi connectivity index (χ0v) is 17.4. The van der Waals surface area contributed by atoms with Crippen molar-refractivity contribution < 1.29 is 19.4 Å². The molecule has 1 amide bonds. The molecular formula is C21H30N2O4S. The first-order chi connectivity index (χ1) is 13.5. The molecule has 0 bridgehead atoms. The number of nitrogens with zero attached hydrogens (tertiary/aromatic N) is 2. The van der Waals surface area contributed by atoms with Gasteiger partial charge in [0.1, 0.15) is 4.88 Å². The lowest BCUT2D eigenvalue weighted by molar-refractivity contribution is -0.142. The highest BCUT2D eigenvalue weighted by Crippen LogP contribution is 2.44. The Morgan fingerprint density at radius 1 is 1.29 bits per heavy atom. The number of hydrogen-bond donors (Lipinski definition) is 1. The lowest BCUT2D eigenvalue weighted by Gasteiger charge is -2.44. The number of likely N-dealkylation sites (tertiary alicyclic amines) is 2. The fourth-order valence-electron chi connectivity index (χ4n) is 5.06. The molecule has 0 saturated carbocycles. The summed E-state index contributed by atoms with van der Waals surface area (Å²) in [5, 5.41) is 9.35. The maximum atomic E-state index is 12.9. The lowest BCUT2D eigenvalue weighted by atomic mass is 9.82. The van der Waals surface area contributed by atoms with E-state index >= 15 is 0 Å². The van der Waals surface area contributed by atoms with Crippen molar-refractivity contribution in [3.8, 4) is 0 Å². The third-order valence-corrected chi connectivity index (χ3v) is 7.88. The van der Waals surface area contributed by atoms with E-state index in [0.29, 0.717) is 37.2 Å². The van der Waals surface area contributed by atoms with Gasteiger partial charge in [0.05, 0.1) is 18.8 Å². The van der Waals surface area contributed by atoms with E-state index in [0.717, 1.165) is 42.7 Å². The number of piperidine rings is 2. The molecule has 154 valence electrons. The average Bonchev–Trinajstić information content (AvgIpc) is 3.15. The van der Waals surface area contributed by atoms with Gasteiger partial charge >= 0.3 is 5.97 Å². The minimum atomic E-state index is -0.867. The smallest absolute Gasteiger partial charge is 0.345 e. The van der Waals surface area contributed by atoms with Crippen LogP contribution in [0.5, 0.6) is 0 Å². The van der Waals surface area contributed by atoms with Crippen molar-refractivity contribution in [3.05, 3.63) is 21.4 Å². The quantitative estimate of drug-likeness (QED) is 0.832. The summed E-state index contributed by atoms with van der Waals surface area (Å²) in [7, 11) is 0. The van der Waals surface area contributed by atoms with Crippen LogP contribution in [-0.2, 0) is 21.6 Å². The van der Waals surface area contributed by atoms with Gasteiger partial charge in [-0.2, -0.15) is 0 Å². The molecule has 1 N–H and O–H groups in total. The summed E-state index contributed by atoms with van der Waals surface area (Å²) >= 11 is 1.38. The monoisotopic (exact) mass is 406 g/mol. The van der Waals surface area contributed by atoms with Crippen LogP contribution in [0.2, 0.25) is 0 Å². The van der Waals surface area contributed by atoms with Crippen LogP contribution in [0.3, 0.4) is 0 Å². The van der Waals surface area contributed by atoms with E-state index in [2.05, 4.69) is 11.8 Å². The van der Waals surface area contributed by atoms with Crippen LogP contribution in [0.15, 0.2) is 6.07 Å². The molecule has 0 radical (unpaired) electrons. The molecule has 4 heterocycles. The van der Waals surface area contributed by atoms with Gasteiger partial charge in [-0.25, -0.2) is 4.79 Å². The summed E-state index contributed by atoms with van der Waals surface area (Å²) in [5.74, 6) is -0.642. The first-order valence-corrected chi connectivity index (χ1v) is 11.4. The highest BCUT2D eigenvalue weighted by Gasteiger charge is 2.43. The molecule has 28 heavy (non-hydrogen) atoms. The van der Waals surface area contributed by atoms with Gasteiger partial charge in [-0.3, -0.25) is 9.69 Å². The summed E-state index contributed by atoms with van der Waals surface area (Å²) in [6.45, 7) is 5.76. The molecular weight excluding hydrogens is 376 g/mol. The third-order valence-electron chi connectivity index (χ3n) is 6.70. The van der Waals surface area contributed by atoms with E-state index in [1.54, 1.807) is 6.07 Å². The Morgan fingerprint density at radius 3 is 2.79 bits per heavy atom. The summed E-state index contributed by atoms with van der Waals surface area (Å²) < 4.78 is 6.20. The Labute approximate surface area is 170 Å². The van der Waals surface area contributed by atoms with Gasteiger partial charge in [0, 0.05) is 30.4 Å². The van der Waals surface area contributed by atoms with Crippen molar-refractivity contribution in [3.63, 3.8) is 0 Å². The fraction of sp³-hybridized carbons (Fsp3) is 0.714. The van der Waals surface area contributed by atoms with Gasteiger partial charge < -0.3 is 14.7 Å². The normalized spacial score (nSPS) is 24.9. The van der Waals surface area contributed by atoms with Crippen molar-refractivity contribution in [2.45, 2.75) is 63.5 Å². The first kappa shape index (κ1) is 19.9. The maximum absolute atomic E-state index is 12.9. The van der Waals surface area contributed by atoms with Gasteiger partial charge in [0.2, 0.25) is 5.91 Å². The minimum absolute atomic E-state index is 0.225. The summed E-state index contributed by atoms with van der Waals surface area (Å²) in [6, 6.07) is 2.34. The van der Waals surface area contributed by atoms with Gasteiger partial charge in [-0.15, -0.1) is 11.3 Å². The van der Waals surface area contributed by atoms with Crippen LogP contribution in [-0.4, -0.2) is 65.6 Å². The van der Waals surface area contributed by atoms with Crippen molar-refractivity contribution in [2.75, 3.05) is 32.8 Å². The SMILES string of the molecule is CCC1CCCCN1CC(=O)N1CCC2(CC1)OCCc1sc(C(=O)O)cc12. The molecule has 0 aromatic carbocycles. The predicted octanol–water partition coefficient (Wildman–Crippen LogP) is 3.10. The highest BCUT2D eigenvalue weighted by molar-refractivity contribution is 7.14. The summed E-state index contributed by atoms with van der Waals surface area (Å²) in [4.78, 5) is 30.2. The van der Waals surface area contributed by atoms with Crippen LogP contribution in [0.1, 0.15) is 65.6 Å². The molecule has 1 aromatic rings. The fourth-order valence-corrected chi connectivity index (χ4v) is 6.13. The lowest BCUT2D eigenvalue weighted by Crippen LogP contribution is -2.51. The molecule has 1 spiro atoms. The number of carboxylic acid groups (broad SMARTS) is 1. The molecule has 0 aliphatic carbocycles. The van der Waals surface area contributed by atoms with Crippen molar-refractivity contribution in [2.24, 2.45) is 0 Å². The third kappa shape index (κ3) is 3.72. The van der Waals surface area contributed by atoms with Crippen LogP contribution in [0.4, 0.5) is 0 Å². The maximum Gasteiger partial charge on any atom is 0.345 e. The highest BCUT2D eigenvalue weighted by atomic mass is 32.1. The van der Waals surface area contributed by atoms with Gasteiger partial charge in [-0.05, 0) is 50.3 Å². The molecule has 4 rings (SSSR count). The number of amides is 1. The number of rotatable bonds is 4. The number of carbonyl (C=O) groups excluding carboxylic acids is 1. The van der Waals surface area contributed by atoms with E-state index in [-0.39, 0.29) is 5.91 Å². The first-order valence-electron chi connectivity index (χ1n) is 10.5. The second-order valence-corrected chi connectivity index (χ2v) is 9.39. The van der Waals surface area contributed by atoms with E-state index < -0.39 is 11.6 Å². The molecule has 6 nitrogen and oxygen atoms in total. The van der Waals surface area contributed by atoms with Crippen LogP contribution in [0.25, 0.3) is 0 Å². The average molecular weight is 407 g/mol. The number of carbonyl (C=O) groups is 2. The summed E-state index contributed by atoms with van der Waals surface area (Å²) in [5.41, 5.74) is 0.640. The van der Waals surface area contributed by atoms with E-state index in [1.807, 2.05) is 4.90 Å². The van der Waals surface area contributed by atoms with Crippen molar-refractivity contribution in [1.29, 1.82) is 0 Å². The van der Waals surface area contributed by atoms with E-state index in [1.165, 1.54) is 30.6 Å². The number of hydrogen-bond acceptors (Lipinski definition) is 5. The van der Waals surface area contributed by atoms with E-state index in [9.17, 15) is 14.7 Å². The van der Waals surface area contributed by atoms with E-state index in [4.69, 9.17) is 4.74 Å². The zero-order chi connectivity index (χ0) is 19.7. The Bertz CT molecular complexity index is 739. The number of aromatic carboxylic acids is 1. The van der Waals surface area contributed by atoms with Crippen molar-refractivity contribution in [1.82, 2.24) is 9.80 Å². The second kappa shape index (κ2) is 8.13. The topological polar surface area (TPSA) is 70.1 Å². The number of ether oxygens (including phenoxy) is 1. The zero-order valence-electron chi connectivity index (χ0n) is 16.6. The molecule has 3 aliphatic heterocycles. The van der Waals surface area contributed by atoms with Gasteiger partial charge in [0.25, 0.3) is 0 Å². The van der Waals surface area contributed by atoms with Crippen LogP contribution in [0, 0.1) is 0 Å². The molecule has 3 aliphatic rings. The summed E-state index contributed by atoms with van der Waals surface area (Å²) in [6.07, 6.45) is 7.05.